The standard InChI is InChI=1S/C13H23N3OS/c1-10(7-8-18(3)17)15-12-5-4-6-13-11(12)9-14-16(13)2/h9-10,12,15H,4-8H2,1-3H3. The van der Waals surface area contributed by atoms with Crippen molar-refractivity contribution in [3.63, 3.8) is 0 Å². The Bertz CT molecular complexity index is 430. The van der Waals surface area contributed by atoms with Gasteiger partial charge in [0, 0.05) is 53.2 Å². The summed E-state index contributed by atoms with van der Waals surface area (Å²) in [5.41, 5.74) is 2.72. The molecule has 0 saturated heterocycles. The van der Waals surface area contributed by atoms with E-state index in [-0.39, 0.29) is 0 Å². The molecule has 102 valence electrons. The highest BCUT2D eigenvalue weighted by Crippen LogP contribution is 2.29. The molecule has 0 spiro atoms. The van der Waals surface area contributed by atoms with Crippen molar-refractivity contribution in [1.82, 2.24) is 15.1 Å². The summed E-state index contributed by atoms with van der Waals surface area (Å²) in [5.74, 6) is 0.779. The number of hydrogen-bond acceptors (Lipinski definition) is 3. The van der Waals surface area contributed by atoms with Crippen molar-refractivity contribution in [2.75, 3.05) is 12.0 Å². The van der Waals surface area contributed by atoms with Gasteiger partial charge in [-0.3, -0.25) is 8.89 Å². The van der Waals surface area contributed by atoms with Crippen molar-refractivity contribution in [1.29, 1.82) is 0 Å². The van der Waals surface area contributed by atoms with Gasteiger partial charge in [0.2, 0.25) is 0 Å². The largest absolute Gasteiger partial charge is 0.307 e. The summed E-state index contributed by atoms with van der Waals surface area (Å²) in [5, 5.41) is 8.01. The minimum atomic E-state index is -0.690. The molecule has 1 aliphatic carbocycles. The second kappa shape index (κ2) is 5.97. The highest BCUT2D eigenvalue weighted by atomic mass is 32.2. The van der Waals surface area contributed by atoms with Crippen LogP contribution in [-0.2, 0) is 24.3 Å². The second-order valence-corrected chi connectivity index (χ2v) is 6.80. The molecular weight excluding hydrogens is 246 g/mol. The van der Waals surface area contributed by atoms with E-state index in [1.165, 1.54) is 24.1 Å². The van der Waals surface area contributed by atoms with Crippen molar-refractivity contribution in [3.05, 3.63) is 17.5 Å². The van der Waals surface area contributed by atoms with Crippen molar-refractivity contribution < 1.29 is 4.21 Å². The first kappa shape index (κ1) is 13.7. The number of nitrogens with zero attached hydrogens (tertiary/aromatic N) is 2. The molecule has 0 bridgehead atoms. The predicted molar refractivity (Wildman–Crippen MR) is 75.0 cm³/mol. The summed E-state index contributed by atoms with van der Waals surface area (Å²) < 4.78 is 13.1. The minimum Gasteiger partial charge on any atom is -0.307 e. The Labute approximate surface area is 112 Å². The molecule has 3 atom stereocenters. The molecule has 5 heteroatoms. The highest BCUT2D eigenvalue weighted by molar-refractivity contribution is 7.84. The third-order valence-electron chi connectivity index (χ3n) is 3.70. The van der Waals surface area contributed by atoms with E-state index in [0.717, 1.165) is 18.6 Å². The number of hydrogen-bond donors (Lipinski definition) is 1. The molecule has 4 nitrogen and oxygen atoms in total. The van der Waals surface area contributed by atoms with Gasteiger partial charge in [0.15, 0.2) is 0 Å². The van der Waals surface area contributed by atoms with Crippen LogP contribution in [0.1, 0.15) is 43.5 Å². The fraction of sp³-hybridized carbons (Fsp3) is 0.769. The van der Waals surface area contributed by atoms with Gasteiger partial charge in [-0.1, -0.05) is 0 Å². The number of aromatic nitrogens is 2. The topological polar surface area (TPSA) is 46.9 Å². The normalized spacial score (nSPS) is 22.5. The molecule has 2 rings (SSSR count). The van der Waals surface area contributed by atoms with Crippen molar-refractivity contribution in [3.8, 4) is 0 Å². The van der Waals surface area contributed by atoms with Gasteiger partial charge in [-0.05, 0) is 32.6 Å². The third-order valence-corrected chi connectivity index (χ3v) is 4.51. The van der Waals surface area contributed by atoms with Crippen LogP contribution >= 0.6 is 0 Å². The maximum absolute atomic E-state index is 11.1. The fourth-order valence-electron chi connectivity index (χ4n) is 2.65. The Morgan fingerprint density at radius 2 is 2.44 bits per heavy atom. The molecule has 0 saturated carbocycles. The van der Waals surface area contributed by atoms with E-state index >= 15 is 0 Å². The fourth-order valence-corrected chi connectivity index (χ4v) is 3.33. The monoisotopic (exact) mass is 269 g/mol. The van der Waals surface area contributed by atoms with Crippen molar-refractivity contribution in [2.45, 2.75) is 44.7 Å². The van der Waals surface area contributed by atoms with E-state index in [0.29, 0.717) is 12.1 Å². The van der Waals surface area contributed by atoms with Gasteiger partial charge < -0.3 is 5.32 Å². The number of rotatable bonds is 5. The molecule has 1 heterocycles. The van der Waals surface area contributed by atoms with Crippen LogP contribution in [-0.4, -0.2) is 32.0 Å². The summed E-state index contributed by atoms with van der Waals surface area (Å²) in [6.07, 6.45) is 8.27. The number of nitrogens with one attached hydrogen (secondary N) is 1. The summed E-state index contributed by atoms with van der Waals surface area (Å²) >= 11 is 0. The summed E-state index contributed by atoms with van der Waals surface area (Å²) in [6, 6.07) is 0.827. The van der Waals surface area contributed by atoms with Crippen LogP contribution < -0.4 is 5.32 Å². The Hall–Kier alpha value is -0.680. The van der Waals surface area contributed by atoms with E-state index < -0.39 is 10.8 Å². The van der Waals surface area contributed by atoms with Gasteiger partial charge in [0.05, 0.1) is 6.20 Å². The second-order valence-electron chi connectivity index (χ2n) is 5.25. The predicted octanol–water partition coefficient (Wildman–Crippen LogP) is 1.54. The SMILES string of the molecule is CC(CCS(C)=O)NC1CCCc2c1cnn2C. The third kappa shape index (κ3) is 3.20. The van der Waals surface area contributed by atoms with Crippen LogP contribution in [0.4, 0.5) is 0 Å². The first-order valence-electron chi connectivity index (χ1n) is 6.64. The van der Waals surface area contributed by atoms with Crippen molar-refractivity contribution in [2.24, 2.45) is 7.05 Å². The lowest BCUT2D eigenvalue weighted by molar-refractivity contribution is 0.400. The number of fused-ring (bicyclic) bond motifs is 1. The lowest BCUT2D eigenvalue weighted by Crippen LogP contribution is -2.33. The van der Waals surface area contributed by atoms with Gasteiger partial charge in [-0.15, -0.1) is 0 Å². The maximum Gasteiger partial charge on any atom is 0.0540 e. The van der Waals surface area contributed by atoms with Crippen LogP contribution in [0.5, 0.6) is 0 Å². The molecule has 0 radical (unpaired) electrons. The lowest BCUT2D eigenvalue weighted by Gasteiger charge is -2.27. The minimum absolute atomic E-state index is 0.407. The zero-order valence-corrected chi connectivity index (χ0v) is 12.3. The molecule has 1 aromatic rings. The smallest absolute Gasteiger partial charge is 0.0540 e. The van der Waals surface area contributed by atoms with Crippen LogP contribution in [0, 0.1) is 0 Å². The highest BCUT2D eigenvalue weighted by Gasteiger charge is 2.24. The van der Waals surface area contributed by atoms with Crippen LogP contribution in [0.15, 0.2) is 6.20 Å². The molecule has 0 amide bonds. The van der Waals surface area contributed by atoms with Gasteiger partial charge in [-0.2, -0.15) is 5.10 Å². The molecule has 0 fully saturated rings. The Morgan fingerprint density at radius 1 is 1.67 bits per heavy atom. The Morgan fingerprint density at radius 3 is 3.17 bits per heavy atom. The molecule has 1 N–H and O–H groups in total. The summed E-state index contributed by atoms with van der Waals surface area (Å²) in [6.45, 7) is 2.18. The van der Waals surface area contributed by atoms with Gasteiger partial charge in [0.1, 0.15) is 0 Å². The Balaban J connectivity index is 1.96. The van der Waals surface area contributed by atoms with Crippen molar-refractivity contribution >= 4 is 10.8 Å². The molecule has 3 unspecified atom stereocenters. The first-order valence-corrected chi connectivity index (χ1v) is 8.37. The average molecular weight is 269 g/mol. The van der Waals surface area contributed by atoms with E-state index in [1.807, 2.05) is 17.9 Å². The van der Waals surface area contributed by atoms with E-state index in [4.69, 9.17) is 0 Å². The molecule has 18 heavy (non-hydrogen) atoms. The molecule has 1 aliphatic rings. The van der Waals surface area contributed by atoms with Crippen LogP contribution in [0.25, 0.3) is 0 Å². The zero-order valence-electron chi connectivity index (χ0n) is 11.5. The van der Waals surface area contributed by atoms with E-state index in [2.05, 4.69) is 17.3 Å². The Kier molecular flexibility index (Phi) is 4.56. The van der Waals surface area contributed by atoms with E-state index in [9.17, 15) is 4.21 Å². The zero-order chi connectivity index (χ0) is 13.1. The molecule has 0 aliphatic heterocycles. The molecule has 0 aromatic carbocycles. The average Bonchev–Trinajstić information content (AvgIpc) is 2.70. The lowest BCUT2D eigenvalue weighted by atomic mass is 9.92. The summed E-state index contributed by atoms with van der Waals surface area (Å²) in [7, 11) is 1.33. The molecule has 1 aromatic heterocycles. The van der Waals surface area contributed by atoms with Crippen LogP contribution in [0.2, 0.25) is 0 Å². The number of aryl methyl sites for hydroxylation is 1. The quantitative estimate of drug-likeness (QED) is 0.882. The first-order chi connectivity index (χ1) is 8.58. The summed E-state index contributed by atoms with van der Waals surface area (Å²) in [4.78, 5) is 0. The van der Waals surface area contributed by atoms with E-state index in [1.54, 1.807) is 6.26 Å². The van der Waals surface area contributed by atoms with Crippen LogP contribution in [0.3, 0.4) is 0 Å². The molecular formula is C13H23N3OS. The van der Waals surface area contributed by atoms with Gasteiger partial charge >= 0.3 is 0 Å². The van der Waals surface area contributed by atoms with Gasteiger partial charge in [0.25, 0.3) is 0 Å². The van der Waals surface area contributed by atoms with Gasteiger partial charge in [-0.25, -0.2) is 0 Å². The maximum atomic E-state index is 11.1.